The van der Waals surface area contributed by atoms with Crippen molar-refractivity contribution in [1.29, 1.82) is 0 Å². The first-order valence-electron chi connectivity index (χ1n) is 5.55. The van der Waals surface area contributed by atoms with Crippen LogP contribution in [0.3, 0.4) is 0 Å². The molecule has 17 heavy (non-hydrogen) atoms. The van der Waals surface area contributed by atoms with Crippen LogP contribution >= 0.6 is 11.3 Å². The van der Waals surface area contributed by atoms with E-state index >= 15 is 0 Å². The maximum absolute atomic E-state index is 12.4. The van der Waals surface area contributed by atoms with Crippen LogP contribution in [0.2, 0.25) is 0 Å². The van der Waals surface area contributed by atoms with Gasteiger partial charge in [0.05, 0.1) is 11.4 Å². The number of nitrogens with zero attached hydrogens (tertiary/aromatic N) is 2. The average Bonchev–Trinajstić information content (AvgIpc) is 2.74. The van der Waals surface area contributed by atoms with E-state index in [9.17, 15) is 4.79 Å². The van der Waals surface area contributed by atoms with Crippen molar-refractivity contribution in [2.24, 2.45) is 0 Å². The number of hydrogen-bond acceptors (Lipinski definition) is 4. The molecule has 0 saturated carbocycles. The maximum Gasteiger partial charge on any atom is 0.196 e. The van der Waals surface area contributed by atoms with E-state index in [2.05, 4.69) is 10.2 Å². The van der Waals surface area contributed by atoms with Gasteiger partial charge in [-0.25, -0.2) is 0 Å². The Morgan fingerprint density at radius 2 is 2.06 bits per heavy atom. The molecule has 0 aliphatic heterocycles. The predicted molar refractivity (Wildman–Crippen MR) is 68.6 cm³/mol. The minimum Gasteiger partial charge on any atom is -0.288 e. The van der Waals surface area contributed by atoms with Gasteiger partial charge in [-0.1, -0.05) is 6.92 Å². The topological polar surface area (TPSA) is 42.9 Å². The highest BCUT2D eigenvalue weighted by atomic mass is 32.1. The quantitative estimate of drug-likeness (QED) is 0.782. The molecule has 0 saturated heterocycles. The number of ketones is 1. The van der Waals surface area contributed by atoms with Gasteiger partial charge in [-0.15, -0.1) is 11.3 Å². The normalized spacial score (nSPS) is 10.5. The van der Waals surface area contributed by atoms with Gasteiger partial charge in [0.2, 0.25) is 0 Å². The highest BCUT2D eigenvalue weighted by Crippen LogP contribution is 2.20. The Labute approximate surface area is 105 Å². The van der Waals surface area contributed by atoms with Crippen molar-refractivity contribution in [1.82, 2.24) is 10.2 Å². The Morgan fingerprint density at radius 3 is 2.65 bits per heavy atom. The molecule has 0 aliphatic rings. The third-order valence-electron chi connectivity index (χ3n) is 2.68. The number of aromatic nitrogens is 2. The van der Waals surface area contributed by atoms with Crippen LogP contribution in [0, 0.1) is 13.8 Å². The Balaban J connectivity index is 2.50. The van der Waals surface area contributed by atoms with Gasteiger partial charge in [0.1, 0.15) is 0 Å². The van der Waals surface area contributed by atoms with Crippen molar-refractivity contribution >= 4 is 17.1 Å². The number of hydrogen-bond donors (Lipinski definition) is 0. The molecule has 2 aromatic heterocycles. The minimum atomic E-state index is 0.0543. The third kappa shape index (κ3) is 2.26. The summed E-state index contributed by atoms with van der Waals surface area (Å²) in [6, 6.07) is 3.70. The van der Waals surface area contributed by atoms with Crippen LogP contribution in [0.25, 0.3) is 0 Å². The molecule has 2 rings (SSSR count). The zero-order chi connectivity index (χ0) is 12.4. The summed E-state index contributed by atoms with van der Waals surface area (Å²) in [7, 11) is 0. The van der Waals surface area contributed by atoms with E-state index < -0.39 is 0 Å². The van der Waals surface area contributed by atoms with Gasteiger partial charge < -0.3 is 0 Å². The van der Waals surface area contributed by atoms with Crippen molar-refractivity contribution in [2.45, 2.75) is 27.2 Å². The lowest BCUT2D eigenvalue weighted by Crippen LogP contribution is -2.09. The van der Waals surface area contributed by atoms with Crippen molar-refractivity contribution < 1.29 is 4.79 Å². The lowest BCUT2D eigenvalue weighted by molar-refractivity contribution is 0.103. The van der Waals surface area contributed by atoms with E-state index in [1.807, 2.05) is 38.3 Å². The van der Waals surface area contributed by atoms with Crippen LogP contribution in [-0.2, 0) is 6.42 Å². The number of carbonyl (C=O) groups excluding carboxylic acids is 1. The van der Waals surface area contributed by atoms with E-state index in [1.54, 1.807) is 11.3 Å². The SMILES string of the molecule is CCc1nnc(C)cc1C(=O)c1ccsc1C. The fraction of sp³-hybridized carbons (Fsp3) is 0.308. The molecule has 2 aromatic rings. The molecule has 0 N–H and O–H groups in total. The minimum absolute atomic E-state index is 0.0543. The Morgan fingerprint density at radius 1 is 1.29 bits per heavy atom. The van der Waals surface area contributed by atoms with E-state index in [0.29, 0.717) is 5.56 Å². The zero-order valence-corrected chi connectivity index (χ0v) is 11.0. The standard InChI is InChI=1S/C13H14N2OS/c1-4-12-11(7-8(2)14-15-12)13(16)10-5-6-17-9(10)3/h5-7H,4H2,1-3H3. The highest BCUT2D eigenvalue weighted by molar-refractivity contribution is 7.10. The van der Waals surface area contributed by atoms with Gasteiger partial charge in [0.15, 0.2) is 5.78 Å². The summed E-state index contributed by atoms with van der Waals surface area (Å²) in [5.41, 5.74) is 3.00. The van der Waals surface area contributed by atoms with Gasteiger partial charge in [0, 0.05) is 16.0 Å². The second-order valence-electron chi connectivity index (χ2n) is 3.92. The van der Waals surface area contributed by atoms with Gasteiger partial charge in [0.25, 0.3) is 0 Å². The Bertz CT molecular complexity index is 560. The van der Waals surface area contributed by atoms with Crippen molar-refractivity contribution in [3.05, 3.63) is 44.9 Å². The van der Waals surface area contributed by atoms with E-state index in [4.69, 9.17) is 0 Å². The van der Waals surface area contributed by atoms with E-state index in [1.165, 1.54) is 0 Å². The summed E-state index contributed by atoms with van der Waals surface area (Å²) < 4.78 is 0. The zero-order valence-electron chi connectivity index (χ0n) is 10.2. The summed E-state index contributed by atoms with van der Waals surface area (Å²) >= 11 is 1.59. The highest BCUT2D eigenvalue weighted by Gasteiger charge is 2.17. The summed E-state index contributed by atoms with van der Waals surface area (Å²) in [6.45, 7) is 5.80. The average molecular weight is 246 g/mol. The molecular formula is C13H14N2OS. The molecule has 0 fully saturated rings. The van der Waals surface area contributed by atoms with Crippen molar-refractivity contribution in [3.63, 3.8) is 0 Å². The summed E-state index contributed by atoms with van der Waals surface area (Å²) in [5, 5.41) is 10.0. The number of thiophene rings is 1. The van der Waals surface area contributed by atoms with Crippen molar-refractivity contribution in [3.8, 4) is 0 Å². The van der Waals surface area contributed by atoms with Crippen LogP contribution < -0.4 is 0 Å². The lowest BCUT2D eigenvalue weighted by Gasteiger charge is -2.05. The Hall–Kier alpha value is -1.55. The van der Waals surface area contributed by atoms with E-state index in [-0.39, 0.29) is 5.78 Å². The molecule has 3 nitrogen and oxygen atoms in total. The monoisotopic (exact) mass is 246 g/mol. The largest absolute Gasteiger partial charge is 0.288 e. The first-order chi connectivity index (χ1) is 8.13. The molecule has 0 radical (unpaired) electrons. The van der Waals surface area contributed by atoms with Crippen molar-refractivity contribution in [2.75, 3.05) is 0 Å². The third-order valence-corrected chi connectivity index (χ3v) is 3.52. The molecular weight excluding hydrogens is 232 g/mol. The summed E-state index contributed by atoms with van der Waals surface area (Å²) in [5.74, 6) is 0.0543. The molecule has 0 aromatic carbocycles. The maximum atomic E-state index is 12.4. The molecule has 4 heteroatoms. The van der Waals surface area contributed by atoms with Crippen LogP contribution in [0.1, 0.15) is 39.1 Å². The van der Waals surface area contributed by atoms with Gasteiger partial charge in [-0.05, 0) is 37.8 Å². The number of rotatable bonds is 3. The second kappa shape index (κ2) is 4.75. The van der Waals surface area contributed by atoms with Crippen LogP contribution in [0.4, 0.5) is 0 Å². The molecule has 0 atom stereocenters. The molecule has 2 heterocycles. The predicted octanol–water partition coefficient (Wildman–Crippen LogP) is 2.95. The molecule has 0 bridgehead atoms. The fourth-order valence-electron chi connectivity index (χ4n) is 1.74. The van der Waals surface area contributed by atoms with Crippen LogP contribution in [0.15, 0.2) is 17.5 Å². The second-order valence-corrected chi connectivity index (χ2v) is 5.04. The number of aryl methyl sites for hydroxylation is 3. The first-order valence-corrected chi connectivity index (χ1v) is 6.43. The van der Waals surface area contributed by atoms with Gasteiger partial charge in [-0.2, -0.15) is 10.2 Å². The van der Waals surface area contributed by atoms with Gasteiger partial charge >= 0.3 is 0 Å². The Kier molecular flexibility index (Phi) is 3.33. The molecule has 88 valence electrons. The molecule has 0 aliphatic carbocycles. The fourth-order valence-corrected chi connectivity index (χ4v) is 2.43. The summed E-state index contributed by atoms with van der Waals surface area (Å²) in [4.78, 5) is 13.4. The lowest BCUT2D eigenvalue weighted by atomic mass is 10.0. The molecule has 0 spiro atoms. The van der Waals surface area contributed by atoms with Crippen LogP contribution in [-0.4, -0.2) is 16.0 Å². The first kappa shape index (κ1) is 11.9. The van der Waals surface area contributed by atoms with E-state index in [0.717, 1.165) is 28.2 Å². The smallest absolute Gasteiger partial charge is 0.196 e. The molecule has 0 unspecified atom stereocenters. The summed E-state index contributed by atoms with van der Waals surface area (Å²) in [6.07, 6.45) is 0.720. The molecule has 0 amide bonds. The van der Waals surface area contributed by atoms with Gasteiger partial charge in [-0.3, -0.25) is 4.79 Å². The van der Waals surface area contributed by atoms with Crippen LogP contribution in [0.5, 0.6) is 0 Å². The number of carbonyl (C=O) groups is 1.